The van der Waals surface area contributed by atoms with Crippen LogP contribution in [-0.2, 0) is 16.6 Å². The molecule has 0 amide bonds. The minimum absolute atomic E-state index is 0.0867. The van der Waals surface area contributed by atoms with E-state index in [1.165, 1.54) is 18.4 Å². The highest BCUT2D eigenvalue weighted by Gasteiger charge is 2.13. The first-order valence-corrected chi connectivity index (χ1v) is 6.98. The van der Waals surface area contributed by atoms with Crippen molar-refractivity contribution in [3.63, 3.8) is 0 Å². The van der Waals surface area contributed by atoms with Crippen LogP contribution in [0.5, 0.6) is 0 Å². The molecule has 0 unspecified atom stereocenters. The minimum atomic E-state index is -3.13. The van der Waals surface area contributed by atoms with Crippen molar-refractivity contribution >= 4 is 10.0 Å². The molecule has 0 aliphatic rings. The van der Waals surface area contributed by atoms with Gasteiger partial charge in [-0.3, -0.25) is 0 Å². The molecule has 0 aliphatic heterocycles. The standard InChI is InChI=1S/C10H19N3O3S/c1-8-10(9(2)16-12-8)7-11-5-6-17(14,15)13(3)4/h11H,5-7H2,1-4H3. The first-order valence-electron chi connectivity index (χ1n) is 5.37. The van der Waals surface area contributed by atoms with E-state index in [4.69, 9.17) is 4.52 Å². The van der Waals surface area contributed by atoms with E-state index in [-0.39, 0.29) is 5.75 Å². The number of aromatic nitrogens is 1. The summed E-state index contributed by atoms with van der Waals surface area (Å²) in [6.07, 6.45) is 0. The maximum atomic E-state index is 11.5. The molecule has 1 aromatic rings. The minimum Gasteiger partial charge on any atom is -0.361 e. The number of nitrogens with one attached hydrogen (secondary N) is 1. The third-order valence-electron chi connectivity index (χ3n) is 2.58. The molecular weight excluding hydrogens is 242 g/mol. The lowest BCUT2D eigenvalue weighted by atomic mass is 10.2. The molecule has 1 heterocycles. The summed E-state index contributed by atoms with van der Waals surface area (Å²) < 4.78 is 29.2. The van der Waals surface area contributed by atoms with E-state index in [0.29, 0.717) is 13.1 Å². The lowest BCUT2D eigenvalue weighted by Crippen LogP contribution is -2.31. The molecule has 0 aromatic carbocycles. The molecule has 17 heavy (non-hydrogen) atoms. The van der Waals surface area contributed by atoms with Gasteiger partial charge in [-0.15, -0.1) is 0 Å². The van der Waals surface area contributed by atoms with Crippen molar-refractivity contribution in [2.24, 2.45) is 0 Å². The van der Waals surface area contributed by atoms with Gasteiger partial charge < -0.3 is 9.84 Å². The summed E-state index contributed by atoms with van der Waals surface area (Å²) in [4.78, 5) is 0. The fraction of sp³-hybridized carbons (Fsp3) is 0.700. The second-order valence-electron chi connectivity index (χ2n) is 4.08. The van der Waals surface area contributed by atoms with Gasteiger partial charge in [-0.2, -0.15) is 0 Å². The van der Waals surface area contributed by atoms with E-state index in [1.54, 1.807) is 0 Å². The molecule has 98 valence electrons. The Bertz CT molecular complexity index is 446. The van der Waals surface area contributed by atoms with E-state index in [9.17, 15) is 8.42 Å². The highest BCUT2D eigenvalue weighted by molar-refractivity contribution is 7.89. The zero-order valence-electron chi connectivity index (χ0n) is 10.6. The van der Waals surface area contributed by atoms with Crippen LogP contribution in [0.3, 0.4) is 0 Å². The van der Waals surface area contributed by atoms with Gasteiger partial charge in [0.2, 0.25) is 10.0 Å². The van der Waals surface area contributed by atoms with E-state index in [0.717, 1.165) is 17.0 Å². The summed E-state index contributed by atoms with van der Waals surface area (Å²) in [5.41, 5.74) is 1.83. The van der Waals surface area contributed by atoms with Gasteiger partial charge in [0, 0.05) is 32.7 Å². The van der Waals surface area contributed by atoms with Gasteiger partial charge in [-0.25, -0.2) is 12.7 Å². The molecule has 0 aliphatic carbocycles. The maximum Gasteiger partial charge on any atom is 0.214 e. The molecule has 7 heteroatoms. The summed E-state index contributed by atoms with van der Waals surface area (Å²) >= 11 is 0. The van der Waals surface area contributed by atoms with Crippen LogP contribution in [0.1, 0.15) is 17.0 Å². The van der Waals surface area contributed by atoms with Gasteiger partial charge in [0.15, 0.2) is 0 Å². The number of hydrogen-bond acceptors (Lipinski definition) is 5. The molecule has 6 nitrogen and oxygen atoms in total. The fourth-order valence-corrected chi connectivity index (χ4v) is 2.12. The average Bonchev–Trinajstić information content (AvgIpc) is 2.54. The van der Waals surface area contributed by atoms with E-state index < -0.39 is 10.0 Å². The van der Waals surface area contributed by atoms with Crippen LogP contribution in [0.2, 0.25) is 0 Å². The van der Waals surface area contributed by atoms with Gasteiger partial charge in [0.25, 0.3) is 0 Å². The van der Waals surface area contributed by atoms with Crippen LogP contribution in [0.25, 0.3) is 0 Å². The first kappa shape index (κ1) is 14.1. The van der Waals surface area contributed by atoms with Crippen molar-refractivity contribution in [3.8, 4) is 0 Å². The van der Waals surface area contributed by atoms with Crippen LogP contribution in [0.4, 0.5) is 0 Å². The lowest BCUT2D eigenvalue weighted by Gasteiger charge is -2.11. The summed E-state index contributed by atoms with van der Waals surface area (Å²) in [6, 6.07) is 0. The number of hydrogen-bond donors (Lipinski definition) is 1. The second kappa shape index (κ2) is 5.61. The van der Waals surface area contributed by atoms with E-state index in [1.807, 2.05) is 13.8 Å². The molecule has 1 aromatic heterocycles. The van der Waals surface area contributed by atoms with Gasteiger partial charge in [-0.1, -0.05) is 5.16 Å². The monoisotopic (exact) mass is 261 g/mol. The molecule has 1 N–H and O–H groups in total. The van der Waals surface area contributed by atoms with Crippen LogP contribution in [-0.4, -0.2) is 44.3 Å². The van der Waals surface area contributed by atoms with Crippen LogP contribution >= 0.6 is 0 Å². The number of aryl methyl sites for hydroxylation is 2. The van der Waals surface area contributed by atoms with Gasteiger partial charge >= 0.3 is 0 Å². The number of nitrogens with zero attached hydrogens (tertiary/aromatic N) is 2. The Kier molecular flexibility index (Phi) is 4.67. The van der Waals surface area contributed by atoms with E-state index >= 15 is 0 Å². The molecule has 0 atom stereocenters. The number of rotatable bonds is 6. The quantitative estimate of drug-likeness (QED) is 0.744. The highest BCUT2D eigenvalue weighted by Crippen LogP contribution is 2.11. The van der Waals surface area contributed by atoms with Crippen molar-refractivity contribution in [3.05, 3.63) is 17.0 Å². The van der Waals surface area contributed by atoms with Gasteiger partial charge in [0.05, 0.1) is 11.4 Å². The van der Waals surface area contributed by atoms with Crippen LogP contribution in [0, 0.1) is 13.8 Å². The van der Waals surface area contributed by atoms with Gasteiger partial charge in [-0.05, 0) is 13.8 Å². The molecule has 0 spiro atoms. The lowest BCUT2D eigenvalue weighted by molar-refractivity contribution is 0.392. The summed E-state index contributed by atoms with van der Waals surface area (Å²) in [5.74, 6) is 0.856. The Hall–Kier alpha value is -0.920. The molecule has 0 fully saturated rings. The molecule has 0 bridgehead atoms. The zero-order valence-corrected chi connectivity index (χ0v) is 11.5. The first-order chi connectivity index (χ1) is 7.84. The van der Waals surface area contributed by atoms with Crippen LogP contribution < -0.4 is 5.32 Å². The Morgan fingerprint density at radius 2 is 2.00 bits per heavy atom. The summed E-state index contributed by atoms with van der Waals surface area (Å²) in [6.45, 7) is 4.69. The van der Waals surface area contributed by atoms with Crippen molar-refractivity contribution in [2.75, 3.05) is 26.4 Å². The fourth-order valence-electron chi connectivity index (χ4n) is 1.35. The third kappa shape index (κ3) is 3.79. The predicted octanol–water partition coefficient (Wildman–Crippen LogP) is 0.272. The Morgan fingerprint density at radius 1 is 1.35 bits per heavy atom. The largest absolute Gasteiger partial charge is 0.361 e. The van der Waals surface area contributed by atoms with Gasteiger partial charge in [0.1, 0.15) is 5.76 Å². The smallest absolute Gasteiger partial charge is 0.214 e. The molecular formula is C10H19N3O3S. The topological polar surface area (TPSA) is 75.4 Å². The normalized spacial score (nSPS) is 12.3. The molecule has 0 saturated carbocycles. The van der Waals surface area contributed by atoms with Crippen molar-refractivity contribution < 1.29 is 12.9 Å². The van der Waals surface area contributed by atoms with Crippen molar-refractivity contribution in [1.29, 1.82) is 0 Å². The van der Waals surface area contributed by atoms with Crippen LogP contribution in [0.15, 0.2) is 4.52 Å². The second-order valence-corrected chi connectivity index (χ2v) is 6.38. The Labute approximate surface area is 102 Å². The molecule has 0 saturated heterocycles. The SMILES string of the molecule is Cc1noc(C)c1CNCCS(=O)(=O)N(C)C. The predicted molar refractivity (Wildman–Crippen MR) is 65.2 cm³/mol. The van der Waals surface area contributed by atoms with E-state index in [2.05, 4.69) is 10.5 Å². The summed E-state index contributed by atoms with van der Waals surface area (Å²) in [7, 11) is -0.0650. The third-order valence-corrected chi connectivity index (χ3v) is 4.41. The van der Waals surface area contributed by atoms with Crippen molar-refractivity contribution in [1.82, 2.24) is 14.8 Å². The molecule has 0 radical (unpaired) electrons. The highest BCUT2D eigenvalue weighted by atomic mass is 32.2. The average molecular weight is 261 g/mol. The maximum absolute atomic E-state index is 11.5. The number of sulfonamides is 1. The Balaban J connectivity index is 2.40. The zero-order chi connectivity index (χ0) is 13.1. The van der Waals surface area contributed by atoms with Crippen molar-refractivity contribution in [2.45, 2.75) is 20.4 Å². The Morgan fingerprint density at radius 3 is 2.47 bits per heavy atom. The molecule has 1 rings (SSSR count). The summed E-state index contributed by atoms with van der Waals surface area (Å²) in [5, 5.41) is 6.91.